The Morgan fingerprint density at radius 1 is 1.08 bits per heavy atom. The fourth-order valence-electron chi connectivity index (χ4n) is 0.860. The Morgan fingerprint density at radius 3 is 2.54 bits per heavy atom. The Hall–Kier alpha value is 0.360. The zero-order valence-corrected chi connectivity index (χ0v) is 9.94. The van der Waals surface area contributed by atoms with Crippen LogP contribution in [0.15, 0.2) is 0 Å². The molecule has 0 aliphatic rings. The lowest BCUT2D eigenvalue weighted by Crippen LogP contribution is -2.18. The van der Waals surface area contributed by atoms with Crippen molar-refractivity contribution in [2.75, 3.05) is 45.4 Å². The van der Waals surface area contributed by atoms with Gasteiger partial charge in [0.25, 0.3) is 0 Å². The van der Waals surface area contributed by atoms with E-state index >= 15 is 0 Å². The smallest absolute Gasteiger partial charge is 0.0700 e. The average Bonchev–Trinajstić information content (AvgIpc) is 2.16. The molecule has 0 heterocycles. The molecule has 0 saturated carbocycles. The number of nitrogens with one attached hydrogen (secondary N) is 1. The second kappa shape index (κ2) is 12.4. The first kappa shape index (κ1) is 13.4. The molecule has 0 amide bonds. The molecule has 0 unspecified atom stereocenters. The molecule has 0 atom stereocenters. The van der Waals surface area contributed by atoms with Gasteiger partial charge in [-0.25, -0.2) is 0 Å². The maximum absolute atomic E-state index is 5.31. The number of rotatable bonds is 10. The van der Waals surface area contributed by atoms with Crippen molar-refractivity contribution >= 4 is 15.9 Å². The molecule has 0 saturated heterocycles. The molecule has 0 bridgehead atoms. The minimum Gasteiger partial charge on any atom is -0.382 e. The first-order valence-electron chi connectivity index (χ1n) is 4.75. The molecule has 0 spiro atoms. The number of hydrogen-bond acceptors (Lipinski definition) is 3. The molecule has 0 aromatic rings. The lowest BCUT2D eigenvalue weighted by atomic mass is 10.4. The van der Waals surface area contributed by atoms with E-state index in [-0.39, 0.29) is 0 Å². The standard InChI is InChI=1S/C9H20BrNO2/c1-12-8-9-13-7-3-6-11-5-2-4-10/h11H,2-9H2,1H3. The minimum atomic E-state index is 0.691. The van der Waals surface area contributed by atoms with Gasteiger partial charge in [0, 0.05) is 19.0 Å². The third-order valence-corrected chi connectivity index (χ3v) is 2.12. The molecule has 13 heavy (non-hydrogen) atoms. The summed E-state index contributed by atoms with van der Waals surface area (Å²) >= 11 is 3.38. The maximum atomic E-state index is 5.31. The van der Waals surface area contributed by atoms with Crippen LogP contribution in [0.25, 0.3) is 0 Å². The second-order valence-corrected chi connectivity index (χ2v) is 3.54. The summed E-state index contributed by atoms with van der Waals surface area (Å²) in [5, 5.41) is 4.41. The average molecular weight is 254 g/mol. The number of methoxy groups -OCH3 is 1. The van der Waals surface area contributed by atoms with Gasteiger partial charge in [-0.15, -0.1) is 0 Å². The third kappa shape index (κ3) is 12.4. The van der Waals surface area contributed by atoms with Crippen molar-refractivity contribution in [1.82, 2.24) is 5.32 Å². The molecule has 80 valence electrons. The highest BCUT2D eigenvalue weighted by atomic mass is 79.9. The lowest BCUT2D eigenvalue weighted by Gasteiger charge is -2.04. The normalized spacial score (nSPS) is 10.6. The molecule has 4 heteroatoms. The molecule has 0 rings (SSSR count). The topological polar surface area (TPSA) is 30.5 Å². The molecule has 3 nitrogen and oxygen atoms in total. The van der Waals surface area contributed by atoms with Crippen LogP contribution in [0.2, 0.25) is 0 Å². The van der Waals surface area contributed by atoms with Crippen LogP contribution < -0.4 is 5.32 Å². The van der Waals surface area contributed by atoms with Gasteiger partial charge >= 0.3 is 0 Å². The zero-order valence-electron chi connectivity index (χ0n) is 8.35. The fraction of sp³-hybridized carbons (Fsp3) is 1.00. The van der Waals surface area contributed by atoms with Crippen LogP contribution in [0.4, 0.5) is 0 Å². The lowest BCUT2D eigenvalue weighted by molar-refractivity contribution is 0.0695. The highest BCUT2D eigenvalue weighted by Crippen LogP contribution is 1.85. The van der Waals surface area contributed by atoms with Crippen LogP contribution in [-0.2, 0) is 9.47 Å². The summed E-state index contributed by atoms with van der Waals surface area (Å²) in [4.78, 5) is 0. The Labute approximate surface area is 89.3 Å². The first-order chi connectivity index (χ1) is 6.41. The SMILES string of the molecule is COCCOCCCNCCCBr. The summed E-state index contributed by atoms with van der Waals surface area (Å²) in [6, 6.07) is 0. The molecule has 0 aromatic carbocycles. The van der Waals surface area contributed by atoms with Crippen molar-refractivity contribution in [3.05, 3.63) is 0 Å². The van der Waals surface area contributed by atoms with Gasteiger partial charge in [-0.1, -0.05) is 15.9 Å². The number of ether oxygens (including phenoxy) is 2. The predicted octanol–water partition coefficient (Wildman–Crippen LogP) is 1.41. The van der Waals surface area contributed by atoms with Gasteiger partial charge in [0.1, 0.15) is 0 Å². The third-order valence-electron chi connectivity index (χ3n) is 1.56. The Balaban J connectivity index is 2.76. The number of hydrogen-bond donors (Lipinski definition) is 1. The zero-order chi connectivity index (χ0) is 9.78. The van der Waals surface area contributed by atoms with Crippen molar-refractivity contribution in [2.24, 2.45) is 0 Å². The van der Waals surface area contributed by atoms with Crippen LogP contribution in [-0.4, -0.2) is 45.4 Å². The van der Waals surface area contributed by atoms with E-state index in [1.807, 2.05) is 0 Å². The number of halogens is 1. The van der Waals surface area contributed by atoms with Crippen LogP contribution in [0.5, 0.6) is 0 Å². The fourth-order valence-corrected chi connectivity index (χ4v) is 1.14. The molecule has 0 fully saturated rings. The van der Waals surface area contributed by atoms with Crippen molar-refractivity contribution in [3.8, 4) is 0 Å². The first-order valence-corrected chi connectivity index (χ1v) is 5.87. The van der Waals surface area contributed by atoms with E-state index in [9.17, 15) is 0 Å². The molecular formula is C9H20BrNO2. The molecule has 0 aromatic heterocycles. The molecule has 0 aliphatic heterocycles. The van der Waals surface area contributed by atoms with Crippen LogP contribution >= 0.6 is 15.9 Å². The van der Waals surface area contributed by atoms with Crippen molar-refractivity contribution in [2.45, 2.75) is 12.8 Å². The predicted molar refractivity (Wildman–Crippen MR) is 58.6 cm³/mol. The quantitative estimate of drug-likeness (QED) is 0.472. The summed E-state index contributed by atoms with van der Waals surface area (Å²) in [5.74, 6) is 0. The largest absolute Gasteiger partial charge is 0.382 e. The van der Waals surface area contributed by atoms with Gasteiger partial charge in [0.05, 0.1) is 13.2 Å². The molecule has 1 N–H and O–H groups in total. The van der Waals surface area contributed by atoms with Crippen LogP contribution in [0.1, 0.15) is 12.8 Å². The van der Waals surface area contributed by atoms with E-state index in [0.29, 0.717) is 13.2 Å². The van der Waals surface area contributed by atoms with Gasteiger partial charge in [-0.2, -0.15) is 0 Å². The van der Waals surface area contributed by atoms with Gasteiger partial charge in [-0.3, -0.25) is 0 Å². The second-order valence-electron chi connectivity index (χ2n) is 2.75. The van der Waals surface area contributed by atoms with E-state index in [4.69, 9.17) is 9.47 Å². The Morgan fingerprint density at radius 2 is 1.85 bits per heavy atom. The van der Waals surface area contributed by atoms with Crippen molar-refractivity contribution in [1.29, 1.82) is 0 Å². The van der Waals surface area contributed by atoms with Gasteiger partial charge in [0.15, 0.2) is 0 Å². The van der Waals surface area contributed by atoms with E-state index in [1.165, 1.54) is 6.42 Å². The van der Waals surface area contributed by atoms with Gasteiger partial charge in [0.2, 0.25) is 0 Å². The molecule has 0 radical (unpaired) electrons. The summed E-state index contributed by atoms with van der Waals surface area (Å²) in [6.07, 6.45) is 2.26. The Bertz CT molecular complexity index is 83.7. The molecular weight excluding hydrogens is 234 g/mol. The maximum Gasteiger partial charge on any atom is 0.0700 e. The van der Waals surface area contributed by atoms with Crippen LogP contribution in [0, 0.1) is 0 Å². The van der Waals surface area contributed by atoms with E-state index in [0.717, 1.165) is 31.4 Å². The van der Waals surface area contributed by atoms with Crippen LogP contribution in [0.3, 0.4) is 0 Å². The monoisotopic (exact) mass is 253 g/mol. The summed E-state index contributed by atoms with van der Waals surface area (Å²) in [5.41, 5.74) is 0. The van der Waals surface area contributed by atoms with E-state index < -0.39 is 0 Å². The Kier molecular flexibility index (Phi) is 12.7. The van der Waals surface area contributed by atoms with Crippen molar-refractivity contribution < 1.29 is 9.47 Å². The number of alkyl halides is 1. The van der Waals surface area contributed by atoms with E-state index in [2.05, 4.69) is 21.2 Å². The van der Waals surface area contributed by atoms with Crippen molar-refractivity contribution in [3.63, 3.8) is 0 Å². The minimum absolute atomic E-state index is 0.691. The highest BCUT2D eigenvalue weighted by Gasteiger charge is 1.89. The summed E-state index contributed by atoms with van der Waals surface area (Å²) in [7, 11) is 1.69. The summed E-state index contributed by atoms with van der Waals surface area (Å²) in [6.45, 7) is 4.35. The summed E-state index contributed by atoms with van der Waals surface area (Å²) < 4.78 is 10.2. The van der Waals surface area contributed by atoms with Gasteiger partial charge in [-0.05, 0) is 25.9 Å². The molecule has 0 aliphatic carbocycles. The van der Waals surface area contributed by atoms with Gasteiger partial charge < -0.3 is 14.8 Å². The highest BCUT2D eigenvalue weighted by molar-refractivity contribution is 9.09. The van der Waals surface area contributed by atoms with E-state index in [1.54, 1.807) is 7.11 Å².